The van der Waals surface area contributed by atoms with Crippen molar-refractivity contribution in [2.24, 2.45) is 0 Å². The van der Waals surface area contributed by atoms with Crippen LogP contribution in [0.4, 0.5) is 0 Å². The summed E-state index contributed by atoms with van der Waals surface area (Å²) in [6.45, 7) is 10.7. The van der Waals surface area contributed by atoms with Crippen LogP contribution >= 0.6 is 0 Å². The molecular weight excluding hydrogens is 290 g/mol. The van der Waals surface area contributed by atoms with Crippen molar-refractivity contribution >= 4 is 16.0 Å². The number of rotatable bonds is 7. The lowest BCUT2D eigenvalue weighted by atomic mass is 10.1. The Morgan fingerprint density at radius 3 is 2.19 bits per heavy atom. The van der Waals surface area contributed by atoms with Gasteiger partial charge in [-0.05, 0) is 37.1 Å². The van der Waals surface area contributed by atoms with Crippen molar-refractivity contribution < 1.29 is 18.3 Å². The van der Waals surface area contributed by atoms with E-state index in [9.17, 15) is 13.2 Å². The lowest BCUT2D eigenvalue weighted by molar-refractivity contribution is 0.0696. The summed E-state index contributed by atoms with van der Waals surface area (Å²) in [6, 6.07) is 2.65. The van der Waals surface area contributed by atoms with Crippen molar-refractivity contribution in [2.75, 3.05) is 13.1 Å². The van der Waals surface area contributed by atoms with Crippen molar-refractivity contribution in [3.05, 3.63) is 54.1 Å². The third-order valence-corrected chi connectivity index (χ3v) is 5.11. The molecule has 21 heavy (non-hydrogen) atoms. The zero-order chi connectivity index (χ0) is 16.2. The van der Waals surface area contributed by atoms with Crippen LogP contribution in [-0.4, -0.2) is 36.9 Å². The molecule has 0 saturated carbocycles. The second-order valence-corrected chi connectivity index (χ2v) is 6.53. The minimum Gasteiger partial charge on any atom is -0.478 e. The fraction of sp³-hybridized carbons (Fsp3) is 0.267. The van der Waals surface area contributed by atoms with E-state index in [4.69, 9.17) is 5.11 Å². The van der Waals surface area contributed by atoms with Crippen molar-refractivity contribution in [2.45, 2.75) is 18.7 Å². The molecule has 1 rings (SSSR count). The first-order chi connectivity index (χ1) is 9.75. The number of hydrogen-bond acceptors (Lipinski definition) is 3. The van der Waals surface area contributed by atoms with Gasteiger partial charge in [0, 0.05) is 13.1 Å². The fourth-order valence-electron chi connectivity index (χ4n) is 1.92. The number of nitrogens with zero attached hydrogens (tertiary/aromatic N) is 1. The first-order valence-electron chi connectivity index (χ1n) is 6.32. The Morgan fingerprint density at radius 2 is 1.76 bits per heavy atom. The van der Waals surface area contributed by atoms with Gasteiger partial charge >= 0.3 is 5.97 Å². The van der Waals surface area contributed by atoms with Gasteiger partial charge in [0.2, 0.25) is 10.0 Å². The first-order valence-corrected chi connectivity index (χ1v) is 7.76. The van der Waals surface area contributed by atoms with Crippen LogP contribution in [0.15, 0.2) is 42.3 Å². The lowest BCUT2D eigenvalue weighted by Gasteiger charge is -2.21. The van der Waals surface area contributed by atoms with Gasteiger partial charge in [0.05, 0.1) is 10.5 Å². The number of hydrogen-bond donors (Lipinski definition) is 1. The summed E-state index contributed by atoms with van der Waals surface area (Å²) in [7, 11) is -3.81. The van der Waals surface area contributed by atoms with Crippen molar-refractivity contribution in [1.29, 1.82) is 0 Å². The highest BCUT2D eigenvalue weighted by molar-refractivity contribution is 7.89. The zero-order valence-corrected chi connectivity index (χ0v) is 13.0. The van der Waals surface area contributed by atoms with E-state index in [0.29, 0.717) is 11.1 Å². The summed E-state index contributed by atoms with van der Waals surface area (Å²) in [5.74, 6) is -1.16. The largest absolute Gasteiger partial charge is 0.478 e. The van der Waals surface area contributed by atoms with Crippen LogP contribution in [-0.2, 0) is 10.0 Å². The Kier molecular flexibility index (Phi) is 5.46. The second-order valence-electron chi connectivity index (χ2n) is 4.62. The molecule has 0 aliphatic rings. The summed E-state index contributed by atoms with van der Waals surface area (Å²) in [5, 5.41) is 9.09. The van der Waals surface area contributed by atoms with Gasteiger partial charge < -0.3 is 5.11 Å². The van der Waals surface area contributed by atoms with Gasteiger partial charge in [-0.1, -0.05) is 12.2 Å². The number of carboxylic acid groups (broad SMARTS) is 1. The minimum atomic E-state index is -3.81. The molecular formula is C15H19NO4S. The van der Waals surface area contributed by atoms with Crippen LogP contribution in [0, 0.1) is 13.8 Å². The molecule has 6 heteroatoms. The Hall–Kier alpha value is -1.92. The summed E-state index contributed by atoms with van der Waals surface area (Å²) >= 11 is 0. The number of carbonyl (C=O) groups is 1. The van der Waals surface area contributed by atoms with Gasteiger partial charge in [-0.2, -0.15) is 4.31 Å². The van der Waals surface area contributed by atoms with Crippen molar-refractivity contribution in [1.82, 2.24) is 4.31 Å². The zero-order valence-electron chi connectivity index (χ0n) is 12.2. The predicted octanol–water partition coefficient (Wildman–Crippen LogP) is 2.36. The van der Waals surface area contributed by atoms with Crippen LogP contribution < -0.4 is 0 Å². The number of benzene rings is 1. The maximum Gasteiger partial charge on any atom is 0.335 e. The van der Waals surface area contributed by atoms with Crippen LogP contribution in [0.2, 0.25) is 0 Å². The molecule has 1 aromatic carbocycles. The Balaban J connectivity index is 3.51. The maximum atomic E-state index is 12.7. The molecule has 5 nitrogen and oxygen atoms in total. The van der Waals surface area contributed by atoms with Crippen LogP contribution in [0.5, 0.6) is 0 Å². The molecule has 0 amide bonds. The molecule has 114 valence electrons. The molecule has 0 unspecified atom stereocenters. The average Bonchev–Trinajstić information content (AvgIpc) is 2.40. The number of aromatic carboxylic acids is 1. The second kappa shape index (κ2) is 6.69. The molecule has 1 aromatic rings. The molecule has 0 spiro atoms. The van der Waals surface area contributed by atoms with Crippen LogP contribution in [0.3, 0.4) is 0 Å². The van der Waals surface area contributed by atoms with E-state index in [1.807, 2.05) is 0 Å². The highest BCUT2D eigenvalue weighted by atomic mass is 32.2. The third kappa shape index (κ3) is 3.59. The molecule has 0 aromatic heterocycles. The lowest BCUT2D eigenvalue weighted by Crippen LogP contribution is -2.32. The summed E-state index contributed by atoms with van der Waals surface area (Å²) in [5.41, 5.74) is 1.11. The molecule has 0 heterocycles. The molecule has 0 aliphatic heterocycles. The maximum absolute atomic E-state index is 12.7. The Morgan fingerprint density at radius 1 is 1.24 bits per heavy atom. The van der Waals surface area contributed by atoms with Gasteiger partial charge in [0.15, 0.2) is 0 Å². The van der Waals surface area contributed by atoms with E-state index >= 15 is 0 Å². The van der Waals surface area contributed by atoms with Crippen LogP contribution in [0.25, 0.3) is 0 Å². The minimum absolute atomic E-state index is 0.00333. The number of carboxylic acids is 1. The average molecular weight is 309 g/mol. The molecule has 0 saturated heterocycles. The van der Waals surface area contributed by atoms with Gasteiger partial charge in [0.1, 0.15) is 0 Å². The molecule has 0 fully saturated rings. The quantitative estimate of drug-likeness (QED) is 0.785. The predicted molar refractivity (Wildman–Crippen MR) is 82.0 cm³/mol. The van der Waals surface area contributed by atoms with Gasteiger partial charge in [-0.15, -0.1) is 13.2 Å². The first kappa shape index (κ1) is 17.1. The summed E-state index contributed by atoms with van der Waals surface area (Å²) in [6.07, 6.45) is 2.95. The van der Waals surface area contributed by atoms with Gasteiger partial charge in [-0.25, -0.2) is 13.2 Å². The molecule has 0 bridgehead atoms. The third-order valence-electron chi connectivity index (χ3n) is 3.15. The SMILES string of the molecule is C=CCN(CC=C)S(=O)(=O)c1cc(C(=O)O)cc(C)c1C. The summed E-state index contributed by atoms with van der Waals surface area (Å²) < 4.78 is 26.6. The standard InChI is InChI=1S/C15H19NO4S/c1-5-7-16(8-6-2)21(19,20)14-10-13(15(17)18)9-11(3)12(14)4/h5-6,9-10H,1-2,7-8H2,3-4H3,(H,17,18). The summed E-state index contributed by atoms with van der Waals surface area (Å²) in [4.78, 5) is 11.1. The topological polar surface area (TPSA) is 74.7 Å². The number of sulfonamides is 1. The highest BCUT2D eigenvalue weighted by Crippen LogP contribution is 2.24. The van der Waals surface area contributed by atoms with E-state index in [0.717, 1.165) is 0 Å². The van der Waals surface area contributed by atoms with E-state index in [2.05, 4.69) is 13.2 Å². The van der Waals surface area contributed by atoms with Crippen LogP contribution in [0.1, 0.15) is 21.5 Å². The van der Waals surface area contributed by atoms with E-state index in [1.54, 1.807) is 13.8 Å². The number of aryl methyl sites for hydroxylation is 1. The smallest absolute Gasteiger partial charge is 0.335 e. The van der Waals surface area contributed by atoms with Gasteiger partial charge in [-0.3, -0.25) is 0 Å². The highest BCUT2D eigenvalue weighted by Gasteiger charge is 2.26. The van der Waals surface area contributed by atoms with E-state index in [1.165, 1.54) is 28.6 Å². The normalized spacial score (nSPS) is 11.4. The molecule has 1 N–H and O–H groups in total. The van der Waals surface area contributed by atoms with E-state index < -0.39 is 16.0 Å². The monoisotopic (exact) mass is 309 g/mol. The van der Waals surface area contributed by atoms with Crippen molar-refractivity contribution in [3.8, 4) is 0 Å². The van der Waals surface area contributed by atoms with E-state index in [-0.39, 0.29) is 23.5 Å². The van der Waals surface area contributed by atoms with Crippen molar-refractivity contribution in [3.63, 3.8) is 0 Å². The van der Waals surface area contributed by atoms with Gasteiger partial charge in [0.25, 0.3) is 0 Å². The Labute approximate surface area is 125 Å². The Bertz CT molecular complexity index is 667. The molecule has 0 radical (unpaired) electrons. The molecule has 0 aliphatic carbocycles. The molecule has 0 atom stereocenters. The fourth-order valence-corrected chi connectivity index (χ4v) is 3.62.